The number of H-pyrrole nitrogens is 1. The van der Waals surface area contributed by atoms with Crippen LogP contribution in [-0.2, 0) is 14.8 Å². The molecule has 1 unspecified atom stereocenters. The first-order valence-electron chi connectivity index (χ1n) is 22.4. The third kappa shape index (κ3) is 10.3. The van der Waals surface area contributed by atoms with Crippen LogP contribution in [-0.4, -0.2) is 85.8 Å². The number of nitro groups is 1. The van der Waals surface area contributed by atoms with Gasteiger partial charge in [-0.2, -0.15) is 4.72 Å². The van der Waals surface area contributed by atoms with Gasteiger partial charge in [-0.25, -0.2) is 13.4 Å². The smallest absolute Gasteiger partial charge is 0.293 e. The van der Waals surface area contributed by atoms with Crippen LogP contribution in [0.1, 0.15) is 97.3 Å². The SMILES string of the molecule is CC(C)CCC1(C2=C(CN3CCN(c4ccc(C(O)NS(=O)(=O)c5ccc(NCC6CCOCC6)c([N+](=O)[O-])c5)c(Oc5cnc6[nH]ccc6c5)c4)CC3)CCC(C)(C)C2)CC1. The zero-order valence-electron chi connectivity index (χ0n) is 36.6. The van der Waals surface area contributed by atoms with Gasteiger partial charge < -0.3 is 29.8 Å². The Morgan fingerprint density at radius 3 is 2.55 bits per heavy atom. The number of rotatable bonds is 17. The van der Waals surface area contributed by atoms with Crippen LogP contribution in [0.2, 0.25) is 0 Å². The van der Waals surface area contributed by atoms with E-state index in [1.54, 1.807) is 29.6 Å². The van der Waals surface area contributed by atoms with Crippen molar-refractivity contribution in [2.75, 3.05) is 62.7 Å². The van der Waals surface area contributed by atoms with Crippen molar-refractivity contribution >= 4 is 38.1 Å². The highest BCUT2D eigenvalue weighted by atomic mass is 32.2. The summed E-state index contributed by atoms with van der Waals surface area (Å²) in [5, 5.41) is 27.6. The molecule has 2 saturated heterocycles. The molecule has 4 N–H and O–H groups in total. The van der Waals surface area contributed by atoms with Gasteiger partial charge in [0.2, 0.25) is 10.0 Å². The maximum Gasteiger partial charge on any atom is 0.293 e. The van der Waals surface area contributed by atoms with Gasteiger partial charge in [0, 0.05) is 87.4 Å². The van der Waals surface area contributed by atoms with E-state index in [4.69, 9.17) is 9.47 Å². The summed E-state index contributed by atoms with van der Waals surface area (Å²) in [6, 6.07) is 12.8. The molecule has 2 aliphatic heterocycles. The van der Waals surface area contributed by atoms with Crippen molar-refractivity contribution in [2.45, 2.75) is 96.6 Å². The molecule has 4 aromatic rings. The van der Waals surface area contributed by atoms with E-state index in [2.05, 4.69) is 57.5 Å². The second-order valence-corrected chi connectivity index (χ2v) is 20.9. The molecule has 0 spiro atoms. The second-order valence-electron chi connectivity index (χ2n) is 19.2. The summed E-state index contributed by atoms with van der Waals surface area (Å²) < 4.78 is 41.7. The second kappa shape index (κ2) is 18.3. The largest absolute Gasteiger partial charge is 0.455 e. The van der Waals surface area contributed by atoms with Gasteiger partial charge in [-0.3, -0.25) is 15.0 Å². The normalized spacial score (nSPS) is 20.1. The number of pyridine rings is 1. The fraction of sp³-hybridized carbons (Fsp3) is 0.553. The van der Waals surface area contributed by atoms with Crippen molar-refractivity contribution < 1.29 is 27.9 Å². The zero-order valence-corrected chi connectivity index (χ0v) is 37.4. The van der Waals surface area contributed by atoms with E-state index >= 15 is 0 Å². The molecule has 1 saturated carbocycles. The summed E-state index contributed by atoms with van der Waals surface area (Å²) in [7, 11) is -4.44. The number of nitrogens with zero attached hydrogens (tertiary/aromatic N) is 4. The molecule has 2 aromatic carbocycles. The van der Waals surface area contributed by atoms with Crippen LogP contribution in [0.15, 0.2) is 77.0 Å². The first-order chi connectivity index (χ1) is 29.7. The van der Waals surface area contributed by atoms with Crippen LogP contribution < -0.4 is 19.7 Å². The minimum absolute atomic E-state index is 0.181. The van der Waals surface area contributed by atoms with Crippen molar-refractivity contribution in [2.24, 2.45) is 22.7 Å². The molecule has 334 valence electrons. The summed E-state index contributed by atoms with van der Waals surface area (Å²) >= 11 is 0. The summed E-state index contributed by atoms with van der Waals surface area (Å²) in [6.45, 7) is 15.8. The summed E-state index contributed by atoms with van der Waals surface area (Å²) in [6.07, 6.45) is 12.2. The van der Waals surface area contributed by atoms with Gasteiger partial charge in [0.15, 0.2) is 0 Å². The van der Waals surface area contributed by atoms with Gasteiger partial charge in [-0.05, 0) is 110 Å². The van der Waals surface area contributed by atoms with E-state index < -0.39 is 21.2 Å². The number of nitro benzene ring substituents is 1. The Labute approximate surface area is 365 Å². The number of ether oxygens (including phenoxy) is 2. The highest BCUT2D eigenvalue weighted by molar-refractivity contribution is 7.89. The predicted octanol–water partition coefficient (Wildman–Crippen LogP) is 8.92. The van der Waals surface area contributed by atoms with Crippen molar-refractivity contribution in [3.63, 3.8) is 0 Å². The molecule has 8 rings (SSSR count). The Balaban J connectivity index is 0.992. The van der Waals surface area contributed by atoms with Crippen LogP contribution in [0.5, 0.6) is 11.5 Å². The highest BCUT2D eigenvalue weighted by Gasteiger charge is 2.48. The summed E-state index contributed by atoms with van der Waals surface area (Å²) in [5.74, 6) is 1.68. The third-order valence-electron chi connectivity index (χ3n) is 13.6. The topological polar surface area (TPSA) is 175 Å². The van der Waals surface area contributed by atoms with E-state index in [1.807, 2.05) is 24.3 Å². The summed E-state index contributed by atoms with van der Waals surface area (Å²) in [5.41, 5.74) is 5.83. The first kappa shape index (κ1) is 44.1. The molecule has 0 radical (unpaired) electrons. The Kier molecular flexibility index (Phi) is 13.0. The van der Waals surface area contributed by atoms with E-state index in [0.717, 1.165) is 68.6 Å². The number of aliphatic hydroxyl groups excluding tert-OH is 1. The number of fused-ring (bicyclic) bond motifs is 1. The Bertz CT molecular complexity index is 2380. The molecule has 14 nitrogen and oxygen atoms in total. The Morgan fingerprint density at radius 2 is 1.82 bits per heavy atom. The standard InChI is InChI=1S/C47H63N7O7S/c1-32(2)9-15-47(16-17-47)40-28-46(3,4)14-10-35(40)31-52-19-21-53(22-20-52)36-5-7-39(43(26-36)61-37-25-34-11-18-48-44(34)50-30-37)45(55)51-62(58,59)38-6-8-41(42(27-38)54(56)57)49-29-33-12-23-60-24-13-33/h5-8,11,18,25-27,30,32-33,45,49,51,55H,9-10,12-17,19-24,28-29,31H2,1-4H3,(H,48,50). The van der Waals surface area contributed by atoms with Crippen LogP contribution >= 0.6 is 0 Å². The first-order valence-corrected chi connectivity index (χ1v) is 23.9. The Hall–Kier alpha value is -4.54. The minimum Gasteiger partial charge on any atom is -0.455 e. The van der Waals surface area contributed by atoms with Crippen molar-refractivity contribution in [1.29, 1.82) is 0 Å². The third-order valence-corrected chi connectivity index (χ3v) is 15.0. The van der Waals surface area contributed by atoms with Crippen molar-refractivity contribution in [3.8, 4) is 11.5 Å². The molecule has 2 aliphatic carbocycles. The van der Waals surface area contributed by atoms with Gasteiger partial charge in [-0.1, -0.05) is 45.3 Å². The number of hydrogen-bond acceptors (Lipinski definition) is 11. The molecule has 15 heteroatoms. The zero-order chi connectivity index (χ0) is 43.6. The lowest BCUT2D eigenvalue weighted by molar-refractivity contribution is -0.384. The number of anilines is 2. The van der Waals surface area contributed by atoms with E-state index in [1.165, 1.54) is 57.1 Å². The van der Waals surface area contributed by atoms with Gasteiger partial charge in [0.25, 0.3) is 5.69 Å². The average molecular weight is 870 g/mol. The number of allylic oxidation sites excluding steroid dienone is 1. The molecule has 62 heavy (non-hydrogen) atoms. The van der Waals surface area contributed by atoms with Crippen LogP contribution in [0.3, 0.4) is 0 Å². The van der Waals surface area contributed by atoms with Gasteiger partial charge in [-0.15, -0.1) is 0 Å². The number of piperazine rings is 1. The Morgan fingerprint density at radius 1 is 1.05 bits per heavy atom. The molecule has 0 amide bonds. The maximum atomic E-state index is 13.8. The number of aliphatic hydroxyl groups is 1. The van der Waals surface area contributed by atoms with Gasteiger partial charge in [0.1, 0.15) is 29.1 Å². The number of sulfonamides is 1. The predicted molar refractivity (Wildman–Crippen MR) is 242 cm³/mol. The number of hydrogen-bond donors (Lipinski definition) is 4. The van der Waals surface area contributed by atoms with Crippen LogP contribution in [0.25, 0.3) is 11.0 Å². The molecule has 2 aromatic heterocycles. The van der Waals surface area contributed by atoms with E-state index in [0.29, 0.717) is 47.9 Å². The van der Waals surface area contributed by atoms with Crippen molar-refractivity contribution in [3.05, 3.63) is 87.7 Å². The average Bonchev–Trinajstić information content (AvgIpc) is 3.90. The molecular weight excluding hydrogens is 807 g/mol. The van der Waals surface area contributed by atoms with E-state index in [9.17, 15) is 23.6 Å². The van der Waals surface area contributed by atoms with E-state index in [-0.39, 0.29) is 27.6 Å². The monoisotopic (exact) mass is 869 g/mol. The fourth-order valence-corrected chi connectivity index (χ4v) is 10.6. The minimum atomic E-state index is -4.44. The molecule has 3 fully saturated rings. The highest BCUT2D eigenvalue weighted by Crippen LogP contribution is 2.61. The number of aromatic nitrogens is 2. The lowest BCUT2D eigenvalue weighted by atomic mass is 9.68. The van der Waals surface area contributed by atoms with Crippen LogP contribution in [0.4, 0.5) is 17.1 Å². The lowest BCUT2D eigenvalue weighted by Crippen LogP contribution is -2.47. The molecule has 4 heterocycles. The molecule has 0 bridgehead atoms. The number of aromatic amines is 1. The van der Waals surface area contributed by atoms with Gasteiger partial charge >= 0.3 is 0 Å². The fourth-order valence-electron chi connectivity index (χ4n) is 9.52. The lowest BCUT2D eigenvalue weighted by Gasteiger charge is -2.41. The number of nitrogens with one attached hydrogen (secondary N) is 3. The number of benzene rings is 2. The van der Waals surface area contributed by atoms with Crippen LogP contribution in [0, 0.1) is 32.8 Å². The quantitative estimate of drug-likeness (QED) is 0.0345. The molecule has 1 atom stereocenters. The molecular formula is C47H63N7O7S. The summed E-state index contributed by atoms with van der Waals surface area (Å²) in [4.78, 5) is 23.6. The van der Waals surface area contributed by atoms with Crippen molar-refractivity contribution in [1.82, 2.24) is 19.6 Å². The maximum absolute atomic E-state index is 13.8. The molecule has 4 aliphatic rings. The van der Waals surface area contributed by atoms with Gasteiger partial charge in [0.05, 0.1) is 16.0 Å².